The van der Waals surface area contributed by atoms with E-state index in [9.17, 15) is 9.59 Å². The molecule has 0 aromatic heterocycles. The average molecular weight is 396 g/mol. The van der Waals surface area contributed by atoms with E-state index in [0.29, 0.717) is 29.2 Å². The van der Waals surface area contributed by atoms with Crippen LogP contribution in [0.1, 0.15) is 32.7 Å². The Balaban J connectivity index is 1.35. The summed E-state index contributed by atoms with van der Waals surface area (Å²) >= 11 is 0. The lowest BCUT2D eigenvalue weighted by Gasteiger charge is -2.22. The highest BCUT2D eigenvalue weighted by Gasteiger charge is 2.23. The fourth-order valence-corrected chi connectivity index (χ4v) is 3.67. The minimum Gasteiger partial charge on any atom is -0.465 e. The number of carbonyl (C=O) groups is 2. The summed E-state index contributed by atoms with van der Waals surface area (Å²) in [6, 6.07) is 12.8. The van der Waals surface area contributed by atoms with Crippen molar-refractivity contribution in [2.24, 2.45) is 0 Å². The molecule has 29 heavy (non-hydrogen) atoms. The van der Waals surface area contributed by atoms with Crippen LogP contribution in [0.3, 0.4) is 0 Å². The summed E-state index contributed by atoms with van der Waals surface area (Å²) in [5.41, 5.74) is 2.31. The molecule has 2 aromatic rings. The smallest absolute Gasteiger partial charge is 0.337 e. The van der Waals surface area contributed by atoms with E-state index < -0.39 is 0 Å². The number of fused-ring (bicyclic) bond motifs is 1. The molecule has 0 bridgehead atoms. The third kappa shape index (κ3) is 4.35. The van der Waals surface area contributed by atoms with E-state index in [0.717, 1.165) is 38.2 Å². The third-order valence-electron chi connectivity index (χ3n) is 5.28. The first-order chi connectivity index (χ1) is 14.1. The minimum absolute atomic E-state index is 0.0209. The van der Waals surface area contributed by atoms with E-state index in [4.69, 9.17) is 14.2 Å². The average Bonchev–Trinajstić information content (AvgIpc) is 3.11. The molecule has 7 nitrogen and oxygen atoms in total. The van der Waals surface area contributed by atoms with Gasteiger partial charge in [-0.05, 0) is 42.3 Å². The number of amides is 1. The molecule has 0 saturated carbocycles. The fraction of sp³-hybridized carbons (Fsp3) is 0.364. The second kappa shape index (κ2) is 8.53. The van der Waals surface area contributed by atoms with Crippen LogP contribution < -0.4 is 9.47 Å². The van der Waals surface area contributed by atoms with Crippen LogP contribution in [0.4, 0.5) is 0 Å². The zero-order chi connectivity index (χ0) is 20.2. The number of hydrogen-bond donors (Lipinski definition) is 0. The zero-order valence-corrected chi connectivity index (χ0v) is 16.4. The molecule has 0 spiro atoms. The first-order valence-electron chi connectivity index (χ1n) is 9.72. The highest BCUT2D eigenvalue weighted by atomic mass is 16.7. The van der Waals surface area contributed by atoms with Gasteiger partial charge in [-0.3, -0.25) is 9.69 Å². The predicted molar refractivity (Wildman–Crippen MR) is 106 cm³/mol. The molecule has 1 amide bonds. The fourth-order valence-electron chi connectivity index (χ4n) is 3.67. The van der Waals surface area contributed by atoms with Crippen molar-refractivity contribution in [1.29, 1.82) is 0 Å². The van der Waals surface area contributed by atoms with Crippen LogP contribution in [0.25, 0.3) is 0 Å². The predicted octanol–water partition coefficient (Wildman–Crippen LogP) is 2.55. The van der Waals surface area contributed by atoms with Crippen molar-refractivity contribution in [3.8, 4) is 11.5 Å². The summed E-state index contributed by atoms with van der Waals surface area (Å²) in [5.74, 6) is 1.00. The van der Waals surface area contributed by atoms with Gasteiger partial charge in [-0.25, -0.2) is 4.79 Å². The summed E-state index contributed by atoms with van der Waals surface area (Å²) in [4.78, 5) is 28.7. The summed E-state index contributed by atoms with van der Waals surface area (Å²) in [5, 5.41) is 0. The van der Waals surface area contributed by atoms with Gasteiger partial charge in [-0.15, -0.1) is 0 Å². The Morgan fingerprint density at radius 2 is 1.69 bits per heavy atom. The maximum atomic E-state index is 12.9. The van der Waals surface area contributed by atoms with Crippen LogP contribution in [0.2, 0.25) is 0 Å². The van der Waals surface area contributed by atoms with E-state index in [-0.39, 0.29) is 18.7 Å². The monoisotopic (exact) mass is 396 g/mol. The SMILES string of the molecule is COC(=O)c1ccc(CN2CCCN(C(=O)c3ccc4c(c3)OCO4)CC2)cc1. The quantitative estimate of drug-likeness (QED) is 0.740. The molecule has 4 rings (SSSR count). The van der Waals surface area contributed by atoms with Gasteiger partial charge in [0, 0.05) is 38.3 Å². The minimum atomic E-state index is -0.330. The molecule has 0 atom stereocenters. The van der Waals surface area contributed by atoms with Gasteiger partial charge in [0.15, 0.2) is 11.5 Å². The molecular formula is C22H24N2O5. The Hall–Kier alpha value is -3.06. The van der Waals surface area contributed by atoms with Gasteiger partial charge in [0.2, 0.25) is 6.79 Å². The van der Waals surface area contributed by atoms with Crippen molar-refractivity contribution < 1.29 is 23.8 Å². The second-order valence-electron chi connectivity index (χ2n) is 7.18. The number of hydrogen-bond acceptors (Lipinski definition) is 6. The molecule has 0 N–H and O–H groups in total. The van der Waals surface area contributed by atoms with Crippen LogP contribution in [-0.2, 0) is 11.3 Å². The number of esters is 1. The summed E-state index contributed by atoms with van der Waals surface area (Å²) < 4.78 is 15.4. The van der Waals surface area contributed by atoms with Crippen LogP contribution in [0.15, 0.2) is 42.5 Å². The molecule has 1 saturated heterocycles. The Kier molecular flexibility index (Phi) is 5.67. The third-order valence-corrected chi connectivity index (χ3v) is 5.28. The van der Waals surface area contributed by atoms with Crippen molar-refractivity contribution in [2.45, 2.75) is 13.0 Å². The molecule has 2 aliphatic heterocycles. The lowest BCUT2D eigenvalue weighted by Crippen LogP contribution is -2.35. The van der Waals surface area contributed by atoms with E-state index in [1.54, 1.807) is 30.3 Å². The Labute approximate surface area is 169 Å². The maximum absolute atomic E-state index is 12.9. The van der Waals surface area contributed by atoms with Crippen molar-refractivity contribution in [1.82, 2.24) is 9.80 Å². The largest absolute Gasteiger partial charge is 0.465 e. The molecule has 2 aromatic carbocycles. The number of methoxy groups -OCH3 is 1. The molecule has 2 aliphatic rings. The first kappa shape index (κ1) is 19.3. The molecular weight excluding hydrogens is 372 g/mol. The Morgan fingerprint density at radius 3 is 2.48 bits per heavy atom. The highest BCUT2D eigenvalue weighted by Crippen LogP contribution is 2.32. The van der Waals surface area contributed by atoms with Crippen molar-refractivity contribution in [2.75, 3.05) is 40.1 Å². The number of ether oxygens (including phenoxy) is 3. The second-order valence-corrected chi connectivity index (χ2v) is 7.18. The zero-order valence-electron chi connectivity index (χ0n) is 16.4. The molecule has 152 valence electrons. The van der Waals surface area contributed by atoms with Crippen molar-refractivity contribution in [3.05, 3.63) is 59.2 Å². The number of benzene rings is 2. The number of nitrogens with zero attached hydrogens (tertiary/aromatic N) is 2. The first-order valence-corrected chi connectivity index (χ1v) is 9.72. The van der Waals surface area contributed by atoms with Crippen LogP contribution in [0, 0.1) is 0 Å². The topological polar surface area (TPSA) is 68.3 Å². The summed E-state index contributed by atoms with van der Waals surface area (Å²) in [6.07, 6.45) is 0.913. The van der Waals surface area contributed by atoms with E-state index >= 15 is 0 Å². The van der Waals surface area contributed by atoms with Gasteiger partial charge in [-0.1, -0.05) is 12.1 Å². The molecule has 0 unspecified atom stereocenters. The van der Waals surface area contributed by atoms with Crippen LogP contribution in [0.5, 0.6) is 11.5 Å². The standard InChI is InChI=1S/C22H24N2O5/c1-27-22(26)17-5-3-16(4-6-17)14-23-9-2-10-24(12-11-23)21(25)18-7-8-19-20(13-18)29-15-28-19/h3-8,13H,2,9-12,14-15H2,1H3. The van der Waals surface area contributed by atoms with Crippen LogP contribution >= 0.6 is 0 Å². The van der Waals surface area contributed by atoms with E-state index in [1.165, 1.54) is 7.11 Å². The van der Waals surface area contributed by atoms with Crippen molar-refractivity contribution in [3.63, 3.8) is 0 Å². The normalized spacial score (nSPS) is 16.4. The lowest BCUT2D eigenvalue weighted by atomic mass is 10.1. The lowest BCUT2D eigenvalue weighted by molar-refractivity contribution is 0.0600. The van der Waals surface area contributed by atoms with Gasteiger partial charge >= 0.3 is 5.97 Å². The Bertz CT molecular complexity index is 897. The van der Waals surface area contributed by atoms with E-state index in [2.05, 4.69) is 4.90 Å². The number of carbonyl (C=O) groups excluding carboxylic acids is 2. The molecule has 7 heteroatoms. The maximum Gasteiger partial charge on any atom is 0.337 e. The van der Waals surface area contributed by atoms with Gasteiger partial charge in [-0.2, -0.15) is 0 Å². The Morgan fingerprint density at radius 1 is 0.931 bits per heavy atom. The van der Waals surface area contributed by atoms with Gasteiger partial charge in [0.1, 0.15) is 0 Å². The highest BCUT2D eigenvalue weighted by molar-refractivity contribution is 5.95. The van der Waals surface area contributed by atoms with Crippen molar-refractivity contribution >= 4 is 11.9 Å². The van der Waals surface area contributed by atoms with Gasteiger partial charge in [0.05, 0.1) is 12.7 Å². The van der Waals surface area contributed by atoms with Crippen LogP contribution in [-0.4, -0.2) is 61.8 Å². The number of rotatable bonds is 4. The van der Waals surface area contributed by atoms with Gasteiger partial charge < -0.3 is 19.1 Å². The molecule has 0 radical (unpaired) electrons. The summed E-state index contributed by atoms with van der Waals surface area (Å²) in [6.45, 7) is 4.11. The van der Waals surface area contributed by atoms with E-state index in [1.807, 2.05) is 17.0 Å². The van der Waals surface area contributed by atoms with Gasteiger partial charge in [0.25, 0.3) is 5.91 Å². The summed E-state index contributed by atoms with van der Waals surface area (Å²) in [7, 11) is 1.38. The molecule has 0 aliphatic carbocycles. The molecule has 1 fully saturated rings. The molecule has 2 heterocycles.